The molecular formula is C21H25ClN2O4. The predicted octanol–water partition coefficient (Wildman–Crippen LogP) is 4.22. The highest BCUT2D eigenvalue weighted by molar-refractivity contribution is 6.01. The SMILES string of the molecule is CC(C)Cc1ccc(C(=O)CCC(=O)Nc2cc3c(cc2N)OCO3)cc1.Cl. The zero-order valence-corrected chi connectivity index (χ0v) is 16.8. The smallest absolute Gasteiger partial charge is 0.231 e. The molecule has 28 heavy (non-hydrogen) atoms. The zero-order chi connectivity index (χ0) is 19.4. The number of benzene rings is 2. The third kappa shape index (κ3) is 5.39. The maximum atomic E-state index is 12.3. The van der Waals surface area contributed by atoms with Crippen LogP contribution >= 0.6 is 12.4 Å². The number of fused-ring (bicyclic) bond motifs is 1. The Kier molecular flexibility index (Phi) is 7.29. The van der Waals surface area contributed by atoms with Crippen LogP contribution in [0.25, 0.3) is 0 Å². The molecule has 0 saturated carbocycles. The van der Waals surface area contributed by atoms with E-state index in [-0.39, 0.29) is 43.7 Å². The van der Waals surface area contributed by atoms with Crippen LogP contribution in [-0.4, -0.2) is 18.5 Å². The van der Waals surface area contributed by atoms with E-state index in [1.165, 1.54) is 5.56 Å². The Labute approximate surface area is 170 Å². The number of anilines is 2. The van der Waals surface area contributed by atoms with Gasteiger partial charge in [0.2, 0.25) is 12.7 Å². The number of nitrogens with one attached hydrogen (secondary N) is 1. The number of ketones is 1. The van der Waals surface area contributed by atoms with E-state index in [4.69, 9.17) is 15.2 Å². The lowest BCUT2D eigenvalue weighted by molar-refractivity contribution is -0.116. The Hall–Kier alpha value is -2.73. The Morgan fingerprint density at radius 3 is 2.36 bits per heavy atom. The van der Waals surface area contributed by atoms with Gasteiger partial charge >= 0.3 is 0 Å². The molecule has 0 radical (unpaired) electrons. The number of nitrogens with two attached hydrogens (primary N) is 1. The first kappa shape index (κ1) is 21.6. The quantitative estimate of drug-likeness (QED) is 0.532. The molecule has 0 fully saturated rings. The fourth-order valence-electron chi connectivity index (χ4n) is 2.95. The van der Waals surface area contributed by atoms with Gasteiger partial charge in [0, 0.05) is 30.5 Å². The standard InChI is InChI=1S/C21H24N2O4.ClH/c1-13(2)9-14-3-5-15(6-4-14)18(24)7-8-21(25)23-17-11-20-19(10-16(17)22)26-12-27-20;/h3-6,10-11,13H,7-9,12,22H2,1-2H3,(H,23,25);1H. The van der Waals surface area contributed by atoms with Gasteiger partial charge in [0.15, 0.2) is 17.3 Å². The van der Waals surface area contributed by atoms with Gasteiger partial charge in [-0.05, 0) is 17.9 Å². The predicted molar refractivity (Wildman–Crippen MR) is 111 cm³/mol. The Morgan fingerprint density at radius 2 is 1.71 bits per heavy atom. The van der Waals surface area contributed by atoms with Gasteiger partial charge in [-0.25, -0.2) is 0 Å². The van der Waals surface area contributed by atoms with E-state index in [1.807, 2.05) is 24.3 Å². The molecule has 2 aromatic rings. The highest BCUT2D eigenvalue weighted by atomic mass is 35.5. The van der Waals surface area contributed by atoms with Gasteiger partial charge in [-0.1, -0.05) is 38.1 Å². The summed E-state index contributed by atoms with van der Waals surface area (Å²) in [6, 6.07) is 10.8. The van der Waals surface area contributed by atoms with Crippen molar-refractivity contribution in [2.75, 3.05) is 17.8 Å². The van der Waals surface area contributed by atoms with Crippen LogP contribution in [0.2, 0.25) is 0 Å². The van der Waals surface area contributed by atoms with Crippen LogP contribution in [0.3, 0.4) is 0 Å². The molecule has 0 aliphatic carbocycles. The second-order valence-corrected chi connectivity index (χ2v) is 7.06. The Balaban J connectivity index is 0.00000280. The molecule has 0 bridgehead atoms. The topological polar surface area (TPSA) is 90.7 Å². The zero-order valence-electron chi connectivity index (χ0n) is 16.0. The Bertz CT molecular complexity index is 850. The van der Waals surface area contributed by atoms with Crippen LogP contribution in [0.15, 0.2) is 36.4 Å². The number of amides is 1. The normalized spacial score (nSPS) is 11.8. The van der Waals surface area contributed by atoms with Crippen LogP contribution in [0.4, 0.5) is 11.4 Å². The van der Waals surface area contributed by atoms with Crippen molar-refractivity contribution in [2.24, 2.45) is 5.92 Å². The number of nitrogen functional groups attached to an aromatic ring is 1. The number of hydrogen-bond acceptors (Lipinski definition) is 5. The lowest BCUT2D eigenvalue weighted by Crippen LogP contribution is -2.14. The average Bonchev–Trinajstić information content (AvgIpc) is 3.07. The number of Topliss-reactive ketones (excluding diaryl/α,β-unsaturated/α-hetero) is 1. The summed E-state index contributed by atoms with van der Waals surface area (Å²) in [5.41, 5.74) is 8.59. The molecule has 0 aromatic heterocycles. The maximum Gasteiger partial charge on any atom is 0.231 e. The van der Waals surface area contributed by atoms with E-state index in [0.29, 0.717) is 34.4 Å². The molecule has 6 nitrogen and oxygen atoms in total. The fraction of sp³-hybridized carbons (Fsp3) is 0.333. The molecule has 1 amide bonds. The minimum atomic E-state index is -0.273. The summed E-state index contributed by atoms with van der Waals surface area (Å²) in [6.07, 6.45) is 1.20. The molecule has 3 N–H and O–H groups in total. The summed E-state index contributed by atoms with van der Waals surface area (Å²) < 4.78 is 10.5. The largest absolute Gasteiger partial charge is 0.454 e. The van der Waals surface area contributed by atoms with Crippen molar-refractivity contribution in [2.45, 2.75) is 33.1 Å². The molecule has 0 unspecified atom stereocenters. The van der Waals surface area contributed by atoms with Crippen molar-refractivity contribution >= 4 is 35.5 Å². The van der Waals surface area contributed by atoms with E-state index < -0.39 is 0 Å². The lowest BCUT2D eigenvalue weighted by Gasteiger charge is -2.09. The van der Waals surface area contributed by atoms with Gasteiger partial charge in [0.05, 0.1) is 11.4 Å². The maximum absolute atomic E-state index is 12.3. The van der Waals surface area contributed by atoms with Crippen molar-refractivity contribution in [3.63, 3.8) is 0 Å². The number of halogens is 1. The van der Waals surface area contributed by atoms with Crippen molar-refractivity contribution in [3.8, 4) is 11.5 Å². The van der Waals surface area contributed by atoms with E-state index in [1.54, 1.807) is 12.1 Å². The van der Waals surface area contributed by atoms with Gasteiger partial charge < -0.3 is 20.5 Å². The first-order valence-electron chi connectivity index (χ1n) is 9.03. The van der Waals surface area contributed by atoms with Gasteiger partial charge in [0.25, 0.3) is 0 Å². The molecule has 3 rings (SSSR count). The van der Waals surface area contributed by atoms with Crippen LogP contribution in [0, 0.1) is 5.92 Å². The second-order valence-electron chi connectivity index (χ2n) is 7.06. The summed E-state index contributed by atoms with van der Waals surface area (Å²) in [4.78, 5) is 24.5. The van der Waals surface area contributed by atoms with Gasteiger partial charge in [0.1, 0.15) is 0 Å². The molecule has 0 saturated heterocycles. The third-order valence-corrected chi connectivity index (χ3v) is 4.32. The van der Waals surface area contributed by atoms with Crippen LogP contribution < -0.4 is 20.5 Å². The molecule has 1 aliphatic rings. The average molecular weight is 405 g/mol. The molecule has 2 aromatic carbocycles. The molecule has 1 heterocycles. The lowest BCUT2D eigenvalue weighted by atomic mass is 9.99. The molecule has 1 aliphatic heterocycles. The van der Waals surface area contributed by atoms with Crippen molar-refractivity contribution in [3.05, 3.63) is 47.5 Å². The number of carbonyl (C=O) groups excluding carboxylic acids is 2. The first-order valence-corrected chi connectivity index (χ1v) is 9.03. The summed E-state index contributed by atoms with van der Waals surface area (Å²) in [5.74, 6) is 1.34. The summed E-state index contributed by atoms with van der Waals surface area (Å²) >= 11 is 0. The number of ether oxygens (including phenoxy) is 2. The van der Waals surface area contributed by atoms with E-state index >= 15 is 0 Å². The number of carbonyl (C=O) groups is 2. The Morgan fingerprint density at radius 1 is 1.07 bits per heavy atom. The highest BCUT2D eigenvalue weighted by Crippen LogP contribution is 2.38. The van der Waals surface area contributed by atoms with Crippen molar-refractivity contribution in [1.82, 2.24) is 0 Å². The van der Waals surface area contributed by atoms with E-state index in [2.05, 4.69) is 19.2 Å². The van der Waals surface area contributed by atoms with Crippen molar-refractivity contribution < 1.29 is 19.1 Å². The summed E-state index contributed by atoms with van der Waals surface area (Å²) in [6.45, 7) is 4.45. The summed E-state index contributed by atoms with van der Waals surface area (Å²) in [5, 5.41) is 2.73. The molecule has 150 valence electrons. The number of hydrogen-bond donors (Lipinski definition) is 2. The monoisotopic (exact) mass is 404 g/mol. The van der Waals surface area contributed by atoms with Crippen LogP contribution in [-0.2, 0) is 11.2 Å². The molecule has 0 spiro atoms. The van der Waals surface area contributed by atoms with Crippen LogP contribution in [0.1, 0.15) is 42.6 Å². The van der Waals surface area contributed by atoms with Gasteiger partial charge in [-0.15, -0.1) is 12.4 Å². The van der Waals surface area contributed by atoms with E-state index in [0.717, 1.165) is 6.42 Å². The highest BCUT2D eigenvalue weighted by Gasteiger charge is 2.17. The molecular weight excluding hydrogens is 380 g/mol. The fourth-order valence-corrected chi connectivity index (χ4v) is 2.95. The molecule has 7 heteroatoms. The first-order chi connectivity index (χ1) is 12.9. The van der Waals surface area contributed by atoms with Gasteiger partial charge in [-0.2, -0.15) is 0 Å². The third-order valence-electron chi connectivity index (χ3n) is 4.32. The molecule has 0 atom stereocenters. The minimum absolute atomic E-state index is 0. The van der Waals surface area contributed by atoms with Crippen LogP contribution in [0.5, 0.6) is 11.5 Å². The second kappa shape index (κ2) is 9.46. The summed E-state index contributed by atoms with van der Waals surface area (Å²) in [7, 11) is 0. The number of rotatable bonds is 7. The van der Waals surface area contributed by atoms with E-state index in [9.17, 15) is 9.59 Å². The minimum Gasteiger partial charge on any atom is -0.454 e. The van der Waals surface area contributed by atoms with Gasteiger partial charge in [-0.3, -0.25) is 9.59 Å². The van der Waals surface area contributed by atoms with Crippen molar-refractivity contribution in [1.29, 1.82) is 0 Å².